The number of anilines is 1. The van der Waals surface area contributed by atoms with E-state index >= 15 is 0 Å². The molecule has 1 saturated carbocycles. The Morgan fingerprint density at radius 3 is 2.40 bits per heavy atom. The lowest BCUT2D eigenvalue weighted by molar-refractivity contribution is -0.114. The lowest BCUT2D eigenvalue weighted by Gasteiger charge is -2.34. The molecule has 4 nitrogen and oxygen atoms in total. The lowest BCUT2D eigenvalue weighted by Crippen LogP contribution is -2.36. The van der Waals surface area contributed by atoms with Crippen molar-refractivity contribution in [3.8, 4) is 0 Å². The Morgan fingerprint density at radius 1 is 1.28 bits per heavy atom. The number of nitrogens with one attached hydrogen (secondary N) is 1. The van der Waals surface area contributed by atoms with Crippen LogP contribution in [0.25, 0.3) is 0 Å². The van der Waals surface area contributed by atoms with Crippen LogP contribution in [0.2, 0.25) is 0 Å². The van der Waals surface area contributed by atoms with E-state index in [0.717, 1.165) is 48.0 Å². The number of aliphatic hydroxyl groups is 1. The highest BCUT2D eigenvalue weighted by molar-refractivity contribution is 9.10. The van der Waals surface area contributed by atoms with E-state index in [2.05, 4.69) is 66.1 Å². The Morgan fingerprint density at radius 2 is 1.88 bits per heavy atom. The van der Waals surface area contributed by atoms with Gasteiger partial charge >= 0.3 is 0 Å². The molecule has 0 aromatic heterocycles. The molecule has 1 fully saturated rings. The molecule has 25 heavy (non-hydrogen) atoms. The Hall–Kier alpha value is -0.910. The summed E-state index contributed by atoms with van der Waals surface area (Å²) >= 11 is 3.71. The monoisotopic (exact) mass is 410 g/mol. The average molecular weight is 411 g/mol. The predicted octanol–water partition coefficient (Wildman–Crippen LogP) is 4.44. The van der Waals surface area contributed by atoms with E-state index in [1.807, 2.05) is 0 Å². The molecular formula is C20H31BrN2O2. The van der Waals surface area contributed by atoms with Gasteiger partial charge in [0, 0.05) is 29.7 Å². The second-order valence-electron chi connectivity index (χ2n) is 8.30. The second kappa shape index (κ2) is 8.19. The fourth-order valence-electron chi connectivity index (χ4n) is 3.52. The summed E-state index contributed by atoms with van der Waals surface area (Å²) in [5, 5.41) is 12.7. The molecular weight excluding hydrogens is 380 g/mol. The van der Waals surface area contributed by atoms with Crippen LogP contribution >= 0.6 is 15.9 Å². The molecule has 0 saturated heterocycles. The number of benzene rings is 1. The molecule has 0 atom stereocenters. The molecule has 2 rings (SSSR count). The summed E-state index contributed by atoms with van der Waals surface area (Å²) in [5.41, 5.74) is 3.19. The third-order valence-corrected chi connectivity index (χ3v) is 5.68. The molecule has 0 spiro atoms. The highest BCUT2D eigenvalue weighted by Gasteiger charge is 2.25. The van der Waals surface area contributed by atoms with Crippen LogP contribution in [0.1, 0.15) is 64.5 Å². The van der Waals surface area contributed by atoms with Crippen molar-refractivity contribution >= 4 is 27.5 Å². The molecule has 0 heterocycles. The predicted molar refractivity (Wildman–Crippen MR) is 107 cm³/mol. The highest BCUT2D eigenvalue weighted by Crippen LogP contribution is 2.35. The molecule has 0 aliphatic heterocycles. The van der Waals surface area contributed by atoms with Crippen LogP contribution in [-0.4, -0.2) is 35.1 Å². The van der Waals surface area contributed by atoms with Crippen LogP contribution in [0.3, 0.4) is 0 Å². The molecule has 1 amide bonds. The van der Waals surface area contributed by atoms with E-state index in [1.54, 1.807) is 6.92 Å². The minimum absolute atomic E-state index is 0.00398. The molecule has 0 bridgehead atoms. The fraction of sp³-hybridized carbons (Fsp3) is 0.650. The normalized spacial score (nSPS) is 21.4. The van der Waals surface area contributed by atoms with Gasteiger partial charge in [0.2, 0.25) is 5.91 Å². The fourth-order valence-corrected chi connectivity index (χ4v) is 4.51. The number of nitrogens with zero attached hydrogens (tertiary/aromatic N) is 1. The van der Waals surface area contributed by atoms with Gasteiger partial charge < -0.3 is 10.4 Å². The zero-order valence-corrected chi connectivity index (χ0v) is 17.6. The molecule has 0 radical (unpaired) electrons. The summed E-state index contributed by atoms with van der Waals surface area (Å²) in [6, 6.07) is 4.72. The molecule has 1 aliphatic rings. The molecule has 140 valence electrons. The summed E-state index contributed by atoms with van der Waals surface area (Å²) in [4.78, 5) is 14.0. The molecule has 5 heteroatoms. The summed E-state index contributed by atoms with van der Waals surface area (Å²) in [6.45, 7) is 8.84. The van der Waals surface area contributed by atoms with Crippen LogP contribution in [-0.2, 0) is 16.8 Å². The zero-order chi connectivity index (χ0) is 18.8. The van der Waals surface area contributed by atoms with Gasteiger partial charge in [0.25, 0.3) is 0 Å². The van der Waals surface area contributed by atoms with Gasteiger partial charge in [-0.05, 0) is 61.4 Å². The van der Waals surface area contributed by atoms with Gasteiger partial charge in [-0.1, -0.05) is 36.7 Å². The van der Waals surface area contributed by atoms with Crippen molar-refractivity contribution < 1.29 is 9.90 Å². The van der Waals surface area contributed by atoms with Gasteiger partial charge in [-0.2, -0.15) is 0 Å². The highest BCUT2D eigenvalue weighted by atomic mass is 79.9. The van der Waals surface area contributed by atoms with E-state index in [4.69, 9.17) is 0 Å². The first kappa shape index (κ1) is 20.4. The minimum atomic E-state index is -0.139. The van der Waals surface area contributed by atoms with Gasteiger partial charge in [0.15, 0.2) is 0 Å². The number of halogens is 1. The molecule has 1 aliphatic carbocycles. The number of amides is 1. The standard InChI is InChI=1S/C20H31BrN2O2/c1-13(24)22-19-11-17(20(2,3)4)18(21)10-14(19)12-23(5)15-6-8-16(25)9-7-15/h10-11,15-16,25H,6-9,12H2,1-5H3,(H,22,24). The Labute approximate surface area is 160 Å². The SMILES string of the molecule is CC(=O)Nc1cc(C(C)(C)C)c(Br)cc1CN(C)C1CCC(O)CC1. The Bertz CT molecular complexity index is 617. The second-order valence-corrected chi connectivity index (χ2v) is 9.15. The Kier molecular flexibility index (Phi) is 6.68. The van der Waals surface area contributed by atoms with Crippen molar-refractivity contribution in [3.05, 3.63) is 27.7 Å². The number of hydrogen-bond acceptors (Lipinski definition) is 3. The van der Waals surface area contributed by atoms with Crippen LogP contribution in [0.15, 0.2) is 16.6 Å². The van der Waals surface area contributed by atoms with Crippen molar-refractivity contribution in [1.29, 1.82) is 0 Å². The summed E-state index contributed by atoms with van der Waals surface area (Å²) in [5.74, 6) is -0.0492. The number of hydrogen-bond donors (Lipinski definition) is 2. The van der Waals surface area contributed by atoms with Gasteiger partial charge in [0.1, 0.15) is 0 Å². The smallest absolute Gasteiger partial charge is 0.221 e. The maximum absolute atomic E-state index is 11.7. The van der Waals surface area contributed by atoms with E-state index in [-0.39, 0.29) is 17.4 Å². The van der Waals surface area contributed by atoms with E-state index < -0.39 is 0 Å². The number of rotatable bonds is 4. The quantitative estimate of drug-likeness (QED) is 0.770. The summed E-state index contributed by atoms with van der Waals surface area (Å²) < 4.78 is 1.08. The topological polar surface area (TPSA) is 52.6 Å². The molecule has 0 unspecified atom stereocenters. The minimum Gasteiger partial charge on any atom is -0.393 e. The third-order valence-electron chi connectivity index (χ3n) is 5.02. The Balaban J connectivity index is 2.26. The number of carbonyl (C=O) groups is 1. The van der Waals surface area contributed by atoms with Crippen molar-refractivity contribution in [2.75, 3.05) is 12.4 Å². The van der Waals surface area contributed by atoms with Gasteiger partial charge in [-0.25, -0.2) is 0 Å². The summed E-state index contributed by atoms with van der Waals surface area (Å²) in [6.07, 6.45) is 3.66. The first-order valence-electron chi connectivity index (χ1n) is 9.06. The zero-order valence-electron chi connectivity index (χ0n) is 16.0. The largest absolute Gasteiger partial charge is 0.393 e. The number of aliphatic hydroxyl groups excluding tert-OH is 1. The summed E-state index contributed by atoms with van der Waals surface area (Å²) in [7, 11) is 2.13. The van der Waals surface area contributed by atoms with Gasteiger partial charge in [0.05, 0.1) is 6.10 Å². The lowest BCUT2D eigenvalue weighted by atomic mass is 9.86. The van der Waals surface area contributed by atoms with Crippen molar-refractivity contribution in [2.45, 2.75) is 77.5 Å². The first-order chi connectivity index (χ1) is 11.6. The first-order valence-corrected chi connectivity index (χ1v) is 9.86. The van der Waals surface area contributed by atoms with Crippen LogP contribution < -0.4 is 5.32 Å². The van der Waals surface area contributed by atoms with E-state index in [1.165, 1.54) is 5.56 Å². The van der Waals surface area contributed by atoms with Gasteiger partial charge in [-0.3, -0.25) is 9.69 Å². The molecule has 1 aromatic carbocycles. The average Bonchev–Trinajstić information content (AvgIpc) is 2.48. The number of carbonyl (C=O) groups excluding carboxylic acids is 1. The van der Waals surface area contributed by atoms with Gasteiger partial charge in [-0.15, -0.1) is 0 Å². The van der Waals surface area contributed by atoms with E-state index in [0.29, 0.717) is 6.04 Å². The maximum Gasteiger partial charge on any atom is 0.221 e. The maximum atomic E-state index is 11.7. The molecule has 1 aromatic rings. The van der Waals surface area contributed by atoms with Crippen LogP contribution in [0.4, 0.5) is 5.69 Å². The van der Waals surface area contributed by atoms with Crippen molar-refractivity contribution in [1.82, 2.24) is 4.90 Å². The molecule has 2 N–H and O–H groups in total. The van der Waals surface area contributed by atoms with Crippen LogP contribution in [0.5, 0.6) is 0 Å². The third kappa shape index (κ3) is 5.53. The van der Waals surface area contributed by atoms with Crippen LogP contribution in [0, 0.1) is 0 Å². The van der Waals surface area contributed by atoms with E-state index in [9.17, 15) is 9.90 Å². The van der Waals surface area contributed by atoms with Crippen molar-refractivity contribution in [3.63, 3.8) is 0 Å². The van der Waals surface area contributed by atoms with Crippen molar-refractivity contribution in [2.24, 2.45) is 0 Å².